The van der Waals surface area contributed by atoms with E-state index in [2.05, 4.69) is 83.8 Å². The summed E-state index contributed by atoms with van der Waals surface area (Å²) in [4.78, 5) is 7.05. The summed E-state index contributed by atoms with van der Waals surface area (Å²) in [5, 5.41) is 11.1. The third-order valence-corrected chi connectivity index (χ3v) is 7.20. The molecule has 0 saturated carbocycles. The maximum absolute atomic E-state index is 10.1. The van der Waals surface area contributed by atoms with Gasteiger partial charge in [0.15, 0.2) is 5.17 Å². The molecule has 4 heteroatoms. The molecule has 2 heterocycles. The van der Waals surface area contributed by atoms with Crippen LogP contribution in [0.3, 0.4) is 0 Å². The molecule has 2 aliphatic rings. The minimum atomic E-state index is -0.365. The molecule has 1 fully saturated rings. The van der Waals surface area contributed by atoms with E-state index in [0.717, 1.165) is 43.1 Å². The van der Waals surface area contributed by atoms with Gasteiger partial charge in [-0.1, -0.05) is 90.6 Å². The Morgan fingerprint density at radius 2 is 1.65 bits per heavy atom. The number of rotatable bonds is 5. The van der Waals surface area contributed by atoms with Crippen LogP contribution in [-0.4, -0.2) is 39.7 Å². The zero-order valence-electron chi connectivity index (χ0n) is 17.7. The summed E-state index contributed by atoms with van der Waals surface area (Å²) < 4.78 is 0. The summed E-state index contributed by atoms with van der Waals surface area (Å²) in [6, 6.07) is 28.7. The molecular formula is C27H28N2OS. The number of aliphatic hydroxyl groups excluding tert-OH is 1. The minimum absolute atomic E-state index is 0.293. The van der Waals surface area contributed by atoms with Crippen molar-refractivity contribution in [1.29, 1.82) is 0 Å². The third-order valence-electron chi connectivity index (χ3n) is 6.13. The summed E-state index contributed by atoms with van der Waals surface area (Å²) >= 11 is 1.69. The predicted octanol–water partition coefficient (Wildman–Crippen LogP) is 5.37. The van der Waals surface area contributed by atoms with Crippen molar-refractivity contribution in [2.75, 3.05) is 12.3 Å². The van der Waals surface area contributed by atoms with Crippen molar-refractivity contribution in [3.8, 4) is 11.1 Å². The van der Waals surface area contributed by atoms with E-state index in [-0.39, 0.29) is 6.23 Å². The van der Waals surface area contributed by atoms with Crippen LogP contribution in [0, 0.1) is 0 Å². The van der Waals surface area contributed by atoms with Gasteiger partial charge in [-0.25, -0.2) is 0 Å². The van der Waals surface area contributed by atoms with Crippen LogP contribution in [0.5, 0.6) is 0 Å². The molecule has 0 aliphatic carbocycles. The van der Waals surface area contributed by atoms with Crippen LogP contribution in [0.4, 0.5) is 0 Å². The minimum Gasteiger partial charge on any atom is -0.373 e. The number of aliphatic hydroxyl groups is 1. The van der Waals surface area contributed by atoms with Crippen molar-refractivity contribution in [3.05, 3.63) is 95.6 Å². The lowest BCUT2D eigenvalue weighted by Crippen LogP contribution is -2.33. The Bertz CT molecular complexity index is 1050. The van der Waals surface area contributed by atoms with E-state index in [4.69, 9.17) is 4.99 Å². The summed E-state index contributed by atoms with van der Waals surface area (Å²) in [5.74, 6) is 0.737. The van der Waals surface area contributed by atoms with Gasteiger partial charge in [0.25, 0.3) is 0 Å². The summed E-state index contributed by atoms with van der Waals surface area (Å²) in [7, 11) is 0. The number of thioether (sulfide) groups is 1. The second kappa shape index (κ2) is 9.29. The number of hydrogen-bond acceptors (Lipinski definition) is 4. The molecule has 3 aromatic carbocycles. The van der Waals surface area contributed by atoms with Crippen LogP contribution >= 0.6 is 11.8 Å². The van der Waals surface area contributed by atoms with Crippen molar-refractivity contribution in [2.24, 2.45) is 4.99 Å². The van der Waals surface area contributed by atoms with E-state index >= 15 is 0 Å². The van der Waals surface area contributed by atoms with Crippen molar-refractivity contribution < 1.29 is 5.11 Å². The molecule has 2 unspecified atom stereocenters. The van der Waals surface area contributed by atoms with Crippen LogP contribution < -0.4 is 0 Å². The Balaban J connectivity index is 1.29. The molecule has 0 aromatic heterocycles. The first-order chi connectivity index (χ1) is 15.2. The Morgan fingerprint density at radius 3 is 2.48 bits per heavy atom. The summed E-state index contributed by atoms with van der Waals surface area (Å²) in [6.07, 6.45) is 3.71. The zero-order chi connectivity index (χ0) is 21.0. The van der Waals surface area contributed by atoms with Gasteiger partial charge in [0.2, 0.25) is 0 Å². The lowest BCUT2D eigenvalue weighted by Gasteiger charge is -2.19. The number of fused-ring (bicyclic) bond motifs is 1. The van der Waals surface area contributed by atoms with Crippen molar-refractivity contribution >= 4 is 16.9 Å². The molecule has 0 radical (unpaired) electrons. The van der Waals surface area contributed by atoms with Gasteiger partial charge in [0.05, 0.1) is 6.04 Å². The molecule has 158 valence electrons. The first-order valence-corrected chi connectivity index (χ1v) is 12.1. The molecule has 0 bridgehead atoms. The normalized spacial score (nSPS) is 20.8. The largest absolute Gasteiger partial charge is 0.373 e. The van der Waals surface area contributed by atoms with E-state index in [0.29, 0.717) is 6.04 Å². The molecule has 0 spiro atoms. The van der Waals surface area contributed by atoms with Gasteiger partial charge in [-0.15, -0.1) is 0 Å². The lowest BCUT2D eigenvalue weighted by atomic mass is 9.96. The Labute approximate surface area is 188 Å². The molecular weight excluding hydrogens is 400 g/mol. The molecule has 2 aliphatic heterocycles. The highest BCUT2D eigenvalue weighted by molar-refractivity contribution is 8.14. The van der Waals surface area contributed by atoms with Crippen molar-refractivity contribution in [3.63, 3.8) is 0 Å². The fraction of sp³-hybridized carbons (Fsp3) is 0.296. The van der Waals surface area contributed by atoms with Gasteiger partial charge in [0, 0.05) is 12.3 Å². The van der Waals surface area contributed by atoms with Crippen molar-refractivity contribution in [2.45, 2.75) is 38.0 Å². The smallest absolute Gasteiger partial charge is 0.161 e. The second-order valence-electron chi connectivity index (χ2n) is 8.46. The van der Waals surface area contributed by atoms with Gasteiger partial charge in [-0.3, -0.25) is 4.99 Å². The summed E-state index contributed by atoms with van der Waals surface area (Å²) in [5.41, 5.74) is 6.52. The Kier molecular flexibility index (Phi) is 6.10. The van der Waals surface area contributed by atoms with Gasteiger partial charge in [0.1, 0.15) is 6.23 Å². The molecule has 1 saturated heterocycles. The average Bonchev–Trinajstić information content (AvgIpc) is 3.02. The molecule has 3 aromatic rings. The standard InChI is InChI=1S/C27H28N2OS/c30-26-19-31-27-28-25(10-5-15-29(26)27)18-22-8-4-9-24(17-22)23-13-11-21(12-14-23)16-20-6-2-1-3-7-20/h1-4,6-9,11-14,17,25-26,30H,5,10,15-16,18-19H2. The first-order valence-electron chi connectivity index (χ1n) is 11.1. The van der Waals surface area contributed by atoms with Crippen LogP contribution in [0.25, 0.3) is 11.1 Å². The number of hydrogen-bond donors (Lipinski definition) is 1. The second-order valence-corrected chi connectivity index (χ2v) is 9.44. The van der Waals surface area contributed by atoms with Gasteiger partial charge < -0.3 is 10.0 Å². The predicted molar refractivity (Wildman–Crippen MR) is 130 cm³/mol. The fourth-order valence-electron chi connectivity index (χ4n) is 4.47. The van der Waals surface area contributed by atoms with Gasteiger partial charge in [-0.05, 0) is 53.5 Å². The van der Waals surface area contributed by atoms with E-state index in [1.54, 1.807) is 11.8 Å². The van der Waals surface area contributed by atoms with Gasteiger partial charge >= 0.3 is 0 Å². The number of aliphatic imine (C=N–C) groups is 1. The van der Waals surface area contributed by atoms with Gasteiger partial charge in [-0.2, -0.15) is 0 Å². The average molecular weight is 429 g/mol. The topological polar surface area (TPSA) is 35.8 Å². The first kappa shape index (κ1) is 20.3. The monoisotopic (exact) mass is 428 g/mol. The molecule has 1 N–H and O–H groups in total. The highest BCUT2D eigenvalue weighted by Crippen LogP contribution is 2.29. The fourth-order valence-corrected chi connectivity index (χ4v) is 5.55. The number of nitrogens with zero attached hydrogens (tertiary/aromatic N) is 2. The Morgan fingerprint density at radius 1 is 0.871 bits per heavy atom. The summed E-state index contributed by atoms with van der Waals surface area (Å²) in [6.45, 7) is 0.916. The third kappa shape index (κ3) is 4.86. The molecule has 0 amide bonds. The molecule has 2 atom stereocenters. The van der Waals surface area contributed by atoms with E-state index in [1.807, 2.05) is 0 Å². The molecule has 5 rings (SSSR count). The maximum Gasteiger partial charge on any atom is 0.161 e. The number of benzene rings is 3. The molecule has 31 heavy (non-hydrogen) atoms. The molecule has 3 nitrogen and oxygen atoms in total. The highest BCUT2D eigenvalue weighted by atomic mass is 32.2. The van der Waals surface area contributed by atoms with E-state index in [9.17, 15) is 5.11 Å². The lowest BCUT2D eigenvalue weighted by molar-refractivity contribution is 0.0828. The van der Waals surface area contributed by atoms with Crippen molar-refractivity contribution in [1.82, 2.24) is 4.90 Å². The van der Waals surface area contributed by atoms with Crippen LogP contribution in [0.2, 0.25) is 0 Å². The van der Waals surface area contributed by atoms with Crippen LogP contribution in [-0.2, 0) is 12.8 Å². The van der Waals surface area contributed by atoms with Crippen LogP contribution in [0.1, 0.15) is 29.5 Å². The van der Waals surface area contributed by atoms with E-state index < -0.39 is 0 Å². The van der Waals surface area contributed by atoms with Crippen LogP contribution in [0.15, 0.2) is 83.9 Å². The Hall–Kier alpha value is -2.56. The zero-order valence-corrected chi connectivity index (χ0v) is 18.5. The van der Waals surface area contributed by atoms with E-state index in [1.165, 1.54) is 27.8 Å². The quantitative estimate of drug-likeness (QED) is 0.593. The SMILES string of the molecule is OC1CSC2=NC(Cc3cccc(-c4ccc(Cc5ccccc5)cc4)c3)CCCN21. The maximum atomic E-state index is 10.1. The highest BCUT2D eigenvalue weighted by Gasteiger charge is 2.30. The number of amidine groups is 1.